The molecule has 1 unspecified atom stereocenters. The zero-order valence-corrected chi connectivity index (χ0v) is 16.5. The largest absolute Gasteiger partial charge is 0.322 e. The molecule has 1 aromatic carbocycles. The molecule has 2 aromatic rings. The normalized spacial score (nSPS) is 20.4. The Bertz CT molecular complexity index is 851. The fourth-order valence-corrected chi connectivity index (χ4v) is 4.17. The Morgan fingerprint density at radius 3 is 2.89 bits per heavy atom. The van der Waals surface area contributed by atoms with Crippen LogP contribution in [0, 0.1) is 6.92 Å². The van der Waals surface area contributed by atoms with Gasteiger partial charge >= 0.3 is 6.03 Å². The molecule has 0 radical (unpaired) electrons. The molecule has 2 aliphatic rings. The second-order valence-corrected chi connectivity index (χ2v) is 7.85. The summed E-state index contributed by atoms with van der Waals surface area (Å²) in [6, 6.07) is 5.47. The van der Waals surface area contributed by atoms with Crippen LogP contribution in [0.1, 0.15) is 36.1 Å². The maximum absolute atomic E-state index is 12.9. The highest BCUT2D eigenvalue weighted by Gasteiger charge is 2.34. The number of hydrogen-bond acceptors (Lipinski definition) is 4. The third-order valence-corrected chi connectivity index (χ3v) is 5.77. The number of carbonyl (C=O) groups is 1. The van der Waals surface area contributed by atoms with E-state index in [0.29, 0.717) is 17.3 Å². The molecule has 8 heteroatoms. The van der Waals surface area contributed by atoms with Gasteiger partial charge in [-0.15, -0.1) is 10.2 Å². The van der Waals surface area contributed by atoms with E-state index in [1.54, 1.807) is 0 Å². The van der Waals surface area contributed by atoms with Gasteiger partial charge in [-0.05, 0) is 44.5 Å². The molecule has 2 aliphatic heterocycles. The number of aryl methyl sites for hydroxylation is 1. The third-order valence-electron chi connectivity index (χ3n) is 5.46. The number of rotatable bonds is 2. The lowest BCUT2D eigenvalue weighted by Crippen LogP contribution is -2.36. The molecule has 1 saturated heterocycles. The van der Waals surface area contributed by atoms with Gasteiger partial charge in [-0.1, -0.05) is 17.7 Å². The number of anilines is 1. The van der Waals surface area contributed by atoms with Crippen LogP contribution in [0.5, 0.6) is 0 Å². The van der Waals surface area contributed by atoms with E-state index in [1.165, 1.54) is 0 Å². The van der Waals surface area contributed by atoms with Crippen LogP contribution < -0.4 is 5.32 Å². The quantitative estimate of drug-likeness (QED) is 0.858. The summed E-state index contributed by atoms with van der Waals surface area (Å²) in [7, 11) is 2.13. The summed E-state index contributed by atoms with van der Waals surface area (Å²) < 4.78 is 2.21. The molecule has 2 amide bonds. The van der Waals surface area contributed by atoms with Crippen molar-refractivity contribution in [2.75, 3.05) is 32.0 Å². The molecule has 1 atom stereocenters. The van der Waals surface area contributed by atoms with Crippen molar-refractivity contribution in [3.63, 3.8) is 0 Å². The topological polar surface area (TPSA) is 66.3 Å². The van der Waals surface area contributed by atoms with Crippen LogP contribution >= 0.6 is 11.6 Å². The van der Waals surface area contributed by atoms with E-state index in [0.717, 1.165) is 56.1 Å². The molecular weight excluding hydrogens is 364 g/mol. The molecule has 1 aromatic heterocycles. The van der Waals surface area contributed by atoms with Crippen LogP contribution in [0.3, 0.4) is 0 Å². The van der Waals surface area contributed by atoms with Crippen LogP contribution in [0.2, 0.25) is 5.02 Å². The van der Waals surface area contributed by atoms with Crippen molar-refractivity contribution in [1.29, 1.82) is 0 Å². The Labute approximate surface area is 164 Å². The lowest BCUT2D eigenvalue weighted by Gasteiger charge is -2.25. The molecule has 0 bridgehead atoms. The fraction of sp³-hybridized carbons (Fsp3) is 0.526. The van der Waals surface area contributed by atoms with Crippen molar-refractivity contribution in [2.24, 2.45) is 0 Å². The highest BCUT2D eigenvalue weighted by molar-refractivity contribution is 6.33. The number of urea groups is 1. The van der Waals surface area contributed by atoms with Crippen LogP contribution in [0.4, 0.5) is 10.5 Å². The van der Waals surface area contributed by atoms with Crippen molar-refractivity contribution >= 4 is 23.3 Å². The summed E-state index contributed by atoms with van der Waals surface area (Å²) in [5.74, 6) is 1.92. The molecule has 0 aliphatic carbocycles. The summed E-state index contributed by atoms with van der Waals surface area (Å²) in [6.07, 6.45) is 2.76. The maximum atomic E-state index is 12.9. The van der Waals surface area contributed by atoms with Gasteiger partial charge in [0, 0.05) is 32.6 Å². The molecule has 0 saturated carbocycles. The number of amides is 2. The number of likely N-dealkylation sites (tertiary alicyclic amines) is 1. The first-order valence-electron chi connectivity index (χ1n) is 9.47. The van der Waals surface area contributed by atoms with Crippen LogP contribution in [-0.4, -0.2) is 57.3 Å². The number of fused-ring (bicyclic) bond motifs is 1. The molecule has 4 rings (SSSR count). The highest BCUT2D eigenvalue weighted by Crippen LogP contribution is 2.33. The molecular formula is C19H25ClN6O. The number of benzene rings is 1. The number of hydrogen-bond donors (Lipinski definition) is 1. The van der Waals surface area contributed by atoms with Gasteiger partial charge in [0.25, 0.3) is 0 Å². The van der Waals surface area contributed by atoms with Gasteiger partial charge < -0.3 is 19.7 Å². The van der Waals surface area contributed by atoms with E-state index in [-0.39, 0.29) is 12.1 Å². The van der Waals surface area contributed by atoms with E-state index >= 15 is 0 Å². The zero-order valence-electron chi connectivity index (χ0n) is 15.8. The van der Waals surface area contributed by atoms with E-state index < -0.39 is 0 Å². The first-order valence-corrected chi connectivity index (χ1v) is 9.85. The minimum atomic E-state index is -0.133. The van der Waals surface area contributed by atoms with Gasteiger partial charge in [-0.3, -0.25) is 0 Å². The molecule has 7 nitrogen and oxygen atoms in total. The molecule has 0 spiro atoms. The summed E-state index contributed by atoms with van der Waals surface area (Å²) in [6.45, 7) is 5.50. The van der Waals surface area contributed by atoms with Crippen molar-refractivity contribution in [2.45, 2.75) is 38.8 Å². The van der Waals surface area contributed by atoms with Crippen molar-refractivity contribution < 1.29 is 4.79 Å². The maximum Gasteiger partial charge on any atom is 0.322 e. The van der Waals surface area contributed by atoms with E-state index in [1.807, 2.05) is 30.0 Å². The average molecular weight is 389 g/mol. The lowest BCUT2D eigenvalue weighted by atomic mass is 10.2. The van der Waals surface area contributed by atoms with Crippen molar-refractivity contribution in [3.8, 4) is 0 Å². The molecule has 1 fully saturated rings. The summed E-state index contributed by atoms with van der Waals surface area (Å²) in [4.78, 5) is 17.1. The number of likely N-dealkylation sites (N-methyl/N-ethyl adjacent to an activating group) is 1. The number of nitrogens with one attached hydrogen (secondary N) is 1. The summed E-state index contributed by atoms with van der Waals surface area (Å²) in [5.41, 5.74) is 1.70. The molecule has 3 heterocycles. The predicted molar refractivity (Wildman–Crippen MR) is 105 cm³/mol. The van der Waals surface area contributed by atoms with Gasteiger partial charge in [0.15, 0.2) is 5.82 Å². The number of halogens is 1. The summed E-state index contributed by atoms with van der Waals surface area (Å²) in [5, 5.41) is 12.4. The van der Waals surface area contributed by atoms with Gasteiger partial charge in [-0.25, -0.2) is 4.79 Å². The minimum absolute atomic E-state index is 0.0427. The van der Waals surface area contributed by atoms with Gasteiger partial charge in [0.1, 0.15) is 5.82 Å². The SMILES string of the molecule is Cc1ccc(NC(=O)N2CCCC2c2nnc3n2CCN(C)CC3)c(Cl)c1. The van der Waals surface area contributed by atoms with E-state index in [2.05, 4.69) is 32.0 Å². The number of nitrogens with zero attached hydrogens (tertiary/aromatic N) is 5. The first-order chi connectivity index (χ1) is 13.0. The summed E-state index contributed by atoms with van der Waals surface area (Å²) >= 11 is 6.28. The Balaban J connectivity index is 1.54. The fourth-order valence-electron chi connectivity index (χ4n) is 3.88. The van der Waals surface area contributed by atoms with E-state index in [9.17, 15) is 4.79 Å². The molecule has 1 N–H and O–H groups in total. The Morgan fingerprint density at radius 2 is 2.07 bits per heavy atom. The minimum Gasteiger partial charge on any atom is -0.314 e. The Hall–Kier alpha value is -2.12. The Kier molecular flexibility index (Phi) is 5.06. The predicted octanol–water partition coefficient (Wildman–Crippen LogP) is 3.10. The van der Waals surface area contributed by atoms with Crippen molar-refractivity contribution in [1.82, 2.24) is 24.6 Å². The molecule has 27 heavy (non-hydrogen) atoms. The second-order valence-electron chi connectivity index (χ2n) is 7.44. The highest BCUT2D eigenvalue weighted by atomic mass is 35.5. The second kappa shape index (κ2) is 7.48. The van der Waals surface area contributed by atoms with Crippen LogP contribution in [-0.2, 0) is 13.0 Å². The third kappa shape index (κ3) is 3.66. The molecule has 144 valence electrons. The van der Waals surface area contributed by atoms with Crippen molar-refractivity contribution in [3.05, 3.63) is 40.4 Å². The first kappa shape index (κ1) is 18.3. The van der Waals surface area contributed by atoms with E-state index in [4.69, 9.17) is 11.6 Å². The van der Waals surface area contributed by atoms with Gasteiger partial charge in [0.2, 0.25) is 0 Å². The monoisotopic (exact) mass is 388 g/mol. The number of carbonyl (C=O) groups excluding carboxylic acids is 1. The van der Waals surface area contributed by atoms with Crippen LogP contribution in [0.25, 0.3) is 0 Å². The smallest absolute Gasteiger partial charge is 0.314 e. The zero-order chi connectivity index (χ0) is 19.0. The standard InChI is InChI=1S/C19H25ClN6O/c1-13-5-6-15(14(20)12-13)21-19(27)25-8-3-4-16(25)18-23-22-17-7-9-24(2)10-11-26(17)18/h5-6,12,16H,3-4,7-11H2,1-2H3,(H,21,27). The Morgan fingerprint density at radius 1 is 1.22 bits per heavy atom. The number of aromatic nitrogens is 3. The lowest BCUT2D eigenvalue weighted by molar-refractivity contribution is 0.203. The van der Waals surface area contributed by atoms with Gasteiger partial charge in [-0.2, -0.15) is 0 Å². The average Bonchev–Trinajstić information content (AvgIpc) is 3.22. The van der Waals surface area contributed by atoms with Gasteiger partial charge in [0.05, 0.1) is 16.8 Å². The van der Waals surface area contributed by atoms with Crippen LogP contribution in [0.15, 0.2) is 18.2 Å².